The van der Waals surface area contributed by atoms with Gasteiger partial charge in [-0.2, -0.15) is 13.2 Å². The zero-order valence-electron chi connectivity index (χ0n) is 18.8. The number of fused-ring (bicyclic) bond motifs is 1. The van der Waals surface area contributed by atoms with E-state index in [0.29, 0.717) is 0 Å². The van der Waals surface area contributed by atoms with Crippen LogP contribution in [0.15, 0.2) is 60.8 Å². The van der Waals surface area contributed by atoms with Gasteiger partial charge in [-0.25, -0.2) is 9.31 Å². The van der Waals surface area contributed by atoms with Crippen molar-refractivity contribution in [3.8, 4) is 11.1 Å². The third-order valence-corrected chi connectivity index (χ3v) is 6.41. The highest BCUT2D eigenvalue weighted by molar-refractivity contribution is 7.11. The number of pyridine rings is 1. The Labute approximate surface area is 203 Å². The summed E-state index contributed by atoms with van der Waals surface area (Å²) in [7, 11) is 0. The number of carboxylic acid groups (broad SMARTS) is 1. The number of ether oxygens (including phenoxy) is 1. The maximum absolute atomic E-state index is 10.6. The molecular weight excluding hydrogens is 481 g/mol. The number of alkyl halides is 3. The third-order valence-electron chi connectivity index (χ3n) is 5.42. The second kappa shape index (κ2) is 10.5. The van der Waals surface area contributed by atoms with E-state index in [2.05, 4.69) is 58.5 Å². The van der Waals surface area contributed by atoms with Crippen molar-refractivity contribution in [1.29, 1.82) is 0 Å². The van der Waals surface area contributed by atoms with Crippen LogP contribution in [-0.2, 0) is 16.1 Å². The van der Waals surface area contributed by atoms with Crippen LogP contribution < -0.4 is 0 Å². The fourth-order valence-corrected chi connectivity index (χ4v) is 4.68. The number of hydrogen-bond donors (Lipinski definition) is 1. The van der Waals surface area contributed by atoms with Gasteiger partial charge in [0.05, 0.1) is 12.1 Å². The summed E-state index contributed by atoms with van der Waals surface area (Å²) in [5, 5.41) is 16.0. The number of aryl methyl sites for hydroxylation is 1. The molecule has 7 nitrogen and oxygen atoms in total. The van der Waals surface area contributed by atoms with Gasteiger partial charge < -0.3 is 9.84 Å². The molecule has 4 heterocycles. The van der Waals surface area contributed by atoms with Crippen molar-refractivity contribution in [2.75, 3.05) is 19.7 Å². The van der Waals surface area contributed by atoms with Crippen LogP contribution in [0, 0.1) is 6.92 Å². The van der Waals surface area contributed by atoms with Crippen LogP contribution in [-0.4, -0.2) is 56.7 Å². The van der Waals surface area contributed by atoms with Crippen molar-refractivity contribution in [3.05, 3.63) is 76.2 Å². The second-order valence-corrected chi connectivity index (χ2v) is 9.37. The minimum absolute atomic E-state index is 0.0464. The highest BCUT2D eigenvalue weighted by atomic mass is 32.1. The number of nitrogens with zero attached hydrogens (tertiary/aromatic N) is 4. The largest absolute Gasteiger partial charge is 0.490 e. The van der Waals surface area contributed by atoms with E-state index < -0.39 is 12.1 Å². The van der Waals surface area contributed by atoms with Gasteiger partial charge in [-0.05, 0) is 30.7 Å². The van der Waals surface area contributed by atoms with Gasteiger partial charge in [0, 0.05) is 41.1 Å². The molecule has 0 aliphatic carbocycles. The highest BCUT2D eigenvalue weighted by Crippen LogP contribution is 2.28. The fraction of sp³-hybridized carbons (Fsp3) is 0.292. The summed E-state index contributed by atoms with van der Waals surface area (Å²) >= 11 is 1.87. The van der Waals surface area contributed by atoms with Crippen molar-refractivity contribution in [2.24, 2.45) is 0 Å². The first-order valence-electron chi connectivity index (χ1n) is 10.8. The molecule has 1 N–H and O–H groups in total. The third kappa shape index (κ3) is 6.24. The van der Waals surface area contributed by atoms with Crippen molar-refractivity contribution in [1.82, 2.24) is 19.7 Å². The average molecular weight is 505 g/mol. The summed E-state index contributed by atoms with van der Waals surface area (Å²) in [5.74, 6) is -2.76. The Bertz CT molecular complexity index is 1290. The van der Waals surface area contributed by atoms with E-state index in [4.69, 9.17) is 14.6 Å². The number of rotatable bonds is 4. The van der Waals surface area contributed by atoms with Crippen molar-refractivity contribution >= 4 is 22.8 Å². The first kappa shape index (κ1) is 24.8. The molecule has 1 saturated heterocycles. The normalized spacial score (nSPS) is 16.6. The predicted molar refractivity (Wildman–Crippen MR) is 125 cm³/mol. The maximum atomic E-state index is 10.6. The van der Waals surface area contributed by atoms with Crippen molar-refractivity contribution in [3.63, 3.8) is 0 Å². The molecule has 1 aliphatic rings. The number of aliphatic carboxylic acids is 1. The van der Waals surface area contributed by atoms with Gasteiger partial charge in [0.25, 0.3) is 0 Å². The van der Waals surface area contributed by atoms with E-state index >= 15 is 0 Å². The Morgan fingerprint density at radius 1 is 1.14 bits per heavy atom. The SMILES string of the molecule is Cc1ccc(CN2CCOC(c3nnn4cc(-c5ccccc5)ccc34)C2)s1.O=C(O)C(F)(F)F. The van der Waals surface area contributed by atoms with Crippen molar-refractivity contribution < 1.29 is 27.8 Å². The van der Waals surface area contributed by atoms with Crippen molar-refractivity contribution in [2.45, 2.75) is 25.7 Å². The number of benzene rings is 1. The molecule has 184 valence electrons. The lowest BCUT2D eigenvalue weighted by atomic mass is 10.1. The van der Waals surface area contributed by atoms with Crippen LogP contribution in [0.1, 0.15) is 21.6 Å². The molecule has 35 heavy (non-hydrogen) atoms. The van der Waals surface area contributed by atoms with Gasteiger partial charge in [-0.1, -0.05) is 41.6 Å². The zero-order valence-corrected chi connectivity index (χ0v) is 19.6. The molecule has 0 bridgehead atoms. The molecule has 1 unspecified atom stereocenters. The van der Waals surface area contributed by atoms with Gasteiger partial charge in [-0.3, -0.25) is 4.90 Å². The van der Waals surface area contributed by atoms with Crippen LogP contribution in [0.25, 0.3) is 16.6 Å². The van der Waals surface area contributed by atoms with Gasteiger partial charge in [0.15, 0.2) is 0 Å². The van der Waals surface area contributed by atoms with Gasteiger partial charge >= 0.3 is 12.1 Å². The second-order valence-electron chi connectivity index (χ2n) is 8.00. The molecule has 0 spiro atoms. The molecule has 3 aromatic heterocycles. The van der Waals surface area contributed by atoms with E-state index in [0.717, 1.165) is 43.0 Å². The Hall–Kier alpha value is -3.28. The summed E-state index contributed by atoms with van der Waals surface area (Å²) in [4.78, 5) is 14.1. The predicted octanol–water partition coefficient (Wildman–Crippen LogP) is 4.97. The maximum Gasteiger partial charge on any atom is 0.490 e. The van der Waals surface area contributed by atoms with Crippen LogP contribution in [0.5, 0.6) is 0 Å². The lowest BCUT2D eigenvalue weighted by molar-refractivity contribution is -0.192. The molecule has 5 rings (SSSR count). The molecule has 0 saturated carbocycles. The molecule has 0 amide bonds. The molecule has 1 aromatic carbocycles. The van der Waals surface area contributed by atoms with Gasteiger partial charge in [-0.15, -0.1) is 16.4 Å². The van der Waals surface area contributed by atoms with E-state index in [1.165, 1.54) is 15.3 Å². The summed E-state index contributed by atoms with van der Waals surface area (Å²) < 4.78 is 39.7. The molecule has 0 radical (unpaired) electrons. The average Bonchev–Trinajstić information content (AvgIpc) is 3.45. The van der Waals surface area contributed by atoms with Gasteiger partial charge in [0.2, 0.25) is 0 Å². The highest BCUT2D eigenvalue weighted by Gasteiger charge is 2.38. The Balaban J connectivity index is 0.000000364. The van der Waals surface area contributed by atoms with E-state index in [-0.39, 0.29) is 6.10 Å². The smallest absolute Gasteiger partial charge is 0.475 e. The summed E-state index contributed by atoms with van der Waals surface area (Å²) in [5.41, 5.74) is 4.24. The zero-order chi connectivity index (χ0) is 25.0. The number of carboxylic acids is 1. The quantitative estimate of drug-likeness (QED) is 0.423. The van der Waals surface area contributed by atoms with E-state index in [1.54, 1.807) is 0 Å². The minimum atomic E-state index is -5.08. The standard InChI is InChI=1S/C22H22N4OS.C2HF3O2/c1-16-7-9-19(28-16)14-25-11-12-27-21(15-25)22-20-10-8-18(13-26(20)24-23-22)17-5-3-2-4-6-17;3-2(4,5)1(6)7/h2-10,13,21H,11-12,14-15H2,1H3;(H,6,7). The van der Waals surface area contributed by atoms with Crippen LogP contribution in [0.4, 0.5) is 13.2 Å². The first-order chi connectivity index (χ1) is 16.7. The van der Waals surface area contributed by atoms with Gasteiger partial charge in [0.1, 0.15) is 11.8 Å². The monoisotopic (exact) mass is 504 g/mol. The minimum Gasteiger partial charge on any atom is -0.475 e. The summed E-state index contributed by atoms with van der Waals surface area (Å²) in [6.45, 7) is 5.63. The number of aromatic nitrogens is 3. The topological polar surface area (TPSA) is 80.0 Å². The molecule has 1 atom stereocenters. The number of thiophene rings is 1. The van der Waals surface area contributed by atoms with Crippen LogP contribution >= 0.6 is 11.3 Å². The first-order valence-corrected chi connectivity index (χ1v) is 11.6. The van der Waals surface area contributed by atoms with E-state index in [9.17, 15) is 13.2 Å². The lowest BCUT2D eigenvalue weighted by Gasteiger charge is -2.31. The Morgan fingerprint density at radius 2 is 1.89 bits per heavy atom. The van der Waals surface area contributed by atoms with Crippen LogP contribution in [0.2, 0.25) is 0 Å². The number of carbonyl (C=O) groups is 1. The molecule has 1 aliphatic heterocycles. The fourth-order valence-electron chi connectivity index (χ4n) is 3.75. The lowest BCUT2D eigenvalue weighted by Crippen LogP contribution is -2.37. The number of halogens is 3. The summed E-state index contributed by atoms with van der Waals surface area (Å²) in [6.07, 6.45) is -3.09. The molecule has 11 heteroatoms. The summed E-state index contributed by atoms with van der Waals surface area (Å²) in [6, 6.07) is 19.0. The Kier molecular flexibility index (Phi) is 7.48. The molecular formula is C24H23F3N4O3S. The number of morpholine rings is 1. The molecule has 1 fully saturated rings. The molecule has 4 aromatic rings. The Morgan fingerprint density at radius 3 is 2.54 bits per heavy atom. The van der Waals surface area contributed by atoms with E-state index in [1.807, 2.05) is 40.2 Å². The number of hydrogen-bond acceptors (Lipinski definition) is 6. The van der Waals surface area contributed by atoms with Crippen LogP contribution in [0.3, 0.4) is 0 Å².